The van der Waals surface area contributed by atoms with Gasteiger partial charge < -0.3 is 10.4 Å². The Morgan fingerprint density at radius 3 is 2.71 bits per heavy atom. The fourth-order valence-corrected chi connectivity index (χ4v) is 2.62. The van der Waals surface area contributed by atoms with Crippen molar-refractivity contribution in [1.29, 1.82) is 0 Å². The summed E-state index contributed by atoms with van der Waals surface area (Å²) in [4.78, 5) is 14.8. The molecule has 1 fully saturated rings. The Morgan fingerprint density at radius 1 is 1.33 bits per heavy atom. The summed E-state index contributed by atoms with van der Waals surface area (Å²) < 4.78 is 0. The second-order valence-corrected chi connectivity index (χ2v) is 5.64. The number of halogens is 1. The first-order valence-electron chi connectivity index (χ1n) is 6.80. The normalized spacial score (nSPS) is 20.0. The summed E-state index contributed by atoms with van der Waals surface area (Å²) in [6.45, 7) is 0.627. The van der Waals surface area contributed by atoms with E-state index in [2.05, 4.69) is 10.3 Å². The molecule has 0 unspecified atom stereocenters. The highest BCUT2D eigenvalue weighted by molar-refractivity contribution is 6.31. The molecular formula is C16H15ClN2O2. The minimum Gasteiger partial charge on any atom is -0.481 e. The molecule has 1 aliphatic carbocycles. The van der Waals surface area contributed by atoms with Crippen molar-refractivity contribution in [3.63, 3.8) is 0 Å². The Balaban J connectivity index is 1.61. The van der Waals surface area contributed by atoms with E-state index < -0.39 is 5.97 Å². The van der Waals surface area contributed by atoms with E-state index in [9.17, 15) is 4.79 Å². The van der Waals surface area contributed by atoms with E-state index >= 15 is 0 Å². The molecule has 0 spiro atoms. The predicted molar refractivity (Wildman–Crippen MR) is 81.5 cm³/mol. The van der Waals surface area contributed by atoms with E-state index in [4.69, 9.17) is 16.7 Å². The molecule has 0 radical (unpaired) electrons. The van der Waals surface area contributed by atoms with Crippen LogP contribution in [-0.4, -0.2) is 16.1 Å². The molecule has 1 heterocycles. The Bertz CT molecular complexity index is 658. The van der Waals surface area contributed by atoms with Gasteiger partial charge in [0, 0.05) is 24.6 Å². The molecule has 0 amide bonds. The molecule has 0 bridgehead atoms. The third-order valence-corrected chi connectivity index (χ3v) is 4.13. The van der Waals surface area contributed by atoms with E-state index in [1.54, 1.807) is 12.4 Å². The van der Waals surface area contributed by atoms with Gasteiger partial charge in [-0.15, -0.1) is 0 Å². The fraction of sp³-hybridized carbons (Fsp3) is 0.250. The van der Waals surface area contributed by atoms with Crippen molar-refractivity contribution in [3.8, 4) is 0 Å². The zero-order valence-corrected chi connectivity index (χ0v) is 12.0. The molecule has 1 aliphatic rings. The number of aromatic nitrogens is 1. The average molecular weight is 303 g/mol. The average Bonchev–Trinajstić information content (AvgIpc) is 3.28. The Hall–Kier alpha value is -2.07. The number of anilines is 1. The fourth-order valence-electron chi connectivity index (χ4n) is 2.43. The van der Waals surface area contributed by atoms with Crippen molar-refractivity contribution in [2.45, 2.75) is 18.9 Å². The minimum absolute atomic E-state index is 0.172. The number of aliphatic carboxylic acids is 1. The summed E-state index contributed by atoms with van der Waals surface area (Å²) in [6.07, 6.45) is 4.08. The van der Waals surface area contributed by atoms with Gasteiger partial charge in [0.1, 0.15) is 0 Å². The van der Waals surface area contributed by atoms with E-state index in [-0.39, 0.29) is 11.8 Å². The molecular weight excluding hydrogens is 288 g/mol. The largest absolute Gasteiger partial charge is 0.481 e. The van der Waals surface area contributed by atoms with Crippen LogP contribution >= 0.6 is 11.6 Å². The van der Waals surface area contributed by atoms with Gasteiger partial charge in [0.05, 0.1) is 10.9 Å². The summed E-state index contributed by atoms with van der Waals surface area (Å²) in [5, 5.41) is 12.9. The van der Waals surface area contributed by atoms with Gasteiger partial charge in [0.25, 0.3) is 0 Å². The van der Waals surface area contributed by atoms with Gasteiger partial charge >= 0.3 is 5.97 Å². The molecule has 2 atom stereocenters. The number of carboxylic acids is 1. The summed E-state index contributed by atoms with van der Waals surface area (Å²) in [5.41, 5.74) is 3.07. The van der Waals surface area contributed by atoms with Crippen LogP contribution in [0.2, 0.25) is 5.02 Å². The Kier molecular flexibility index (Phi) is 3.80. The molecule has 0 aliphatic heterocycles. The molecule has 2 N–H and O–H groups in total. The third kappa shape index (κ3) is 3.16. The molecule has 3 rings (SSSR count). The number of nitrogens with one attached hydrogen (secondary N) is 1. The summed E-state index contributed by atoms with van der Waals surface area (Å²) in [7, 11) is 0. The minimum atomic E-state index is -0.700. The molecule has 1 aromatic carbocycles. The highest BCUT2D eigenvalue weighted by Gasteiger charge is 2.43. The van der Waals surface area contributed by atoms with E-state index in [0.717, 1.165) is 23.2 Å². The molecule has 0 saturated heterocycles. The van der Waals surface area contributed by atoms with Crippen LogP contribution in [-0.2, 0) is 11.3 Å². The van der Waals surface area contributed by atoms with E-state index in [1.165, 1.54) is 0 Å². The van der Waals surface area contributed by atoms with Crippen LogP contribution in [0.25, 0.3) is 0 Å². The zero-order chi connectivity index (χ0) is 14.8. The second kappa shape index (κ2) is 5.74. The molecule has 108 valence electrons. The van der Waals surface area contributed by atoms with Crippen LogP contribution in [0.15, 0.2) is 42.7 Å². The van der Waals surface area contributed by atoms with Gasteiger partial charge in [0.15, 0.2) is 0 Å². The van der Waals surface area contributed by atoms with E-state index in [1.807, 2.05) is 30.3 Å². The first-order valence-corrected chi connectivity index (χ1v) is 7.18. The van der Waals surface area contributed by atoms with Gasteiger partial charge in [-0.1, -0.05) is 23.7 Å². The van der Waals surface area contributed by atoms with E-state index in [0.29, 0.717) is 11.6 Å². The maximum Gasteiger partial charge on any atom is 0.307 e. The number of carboxylic acid groups (broad SMARTS) is 1. The van der Waals surface area contributed by atoms with Crippen molar-refractivity contribution in [2.24, 2.45) is 5.92 Å². The lowest BCUT2D eigenvalue weighted by atomic mass is 10.1. The number of benzene rings is 1. The zero-order valence-electron chi connectivity index (χ0n) is 11.3. The number of hydrogen-bond donors (Lipinski definition) is 2. The predicted octanol–water partition coefficient (Wildman–Crippen LogP) is 3.54. The Morgan fingerprint density at radius 2 is 2.10 bits per heavy atom. The molecule has 2 aromatic rings. The lowest BCUT2D eigenvalue weighted by Gasteiger charge is -2.08. The molecule has 21 heavy (non-hydrogen) atoms. The third-order valence-electron chi connectivity index (χ3n) is 3.79. The van der Waals surface area contributed by atoms with Gasteiger partial charge in [-0.05, 0) is 41.7 Å². The molecule has 4 nitrogen and oxygen atoms in total. The van der Waals surface area contributed by atoms with Crippen molar-refractivity contribution < 1.29 is 9.90 Å². The number of nitrogens with zero attached hydrogens (tertiary/aromatic N) is 1. The first kappa shape index (κ1) is 13.9. The first-order chi connectivity index (χ1) is 10.1. The van der Waals surface area contributed by atoms with Crippen molar-refractivity contribution in [2.75, 3.05) is 5.32 Å². The van der Waals surface area contributed by atoms with Crippen molar-refractivity contribution in [3.05, 3.63) is 58.9 Å². The molecule has 5 heteroatoms. The van der Waals surface area contributed by atoms with Gasteiger partial charge in [-0.2, -0.15) is 0 Å². The Labute approximate surface area is 127 Å². The lowest BCUT2D eigenvalue weighted by Crippen LogP contribution is -2.01. The standard InChI is InChI=1S/C16H15ClN2O2/c17-15-9-18-6-5-11(15)8-19-12-3-1-10(2-4-12)13-7-14(13)16(20)21/h1-6,9,13-14,19H,7-8H2,(H,20,21)/t13-,14+/m0/s1. The molecule has 1 saturated carbocycles. The van der Waals surface area contributed by atoms with Crippen molar-refractivity contribution in [1.82, 2.24) is 4.98 Å². The number of pyridine rings is 1. The quantitative estimate of drug-likeness (QED) is 0.887. The van der Waals surface area contributed by atoms with Crippen LogP contribution in [0.5, 0.6) is 0 Å². The van der Waals surface area contributed by atoms with Gasteiger partial charge in [-0.3, -0.25) is 9.78 Å². The van der Waals surface area contributed by atoms with Crippen LogP contribution in [0.3, 0.4) is 0 Å². The molecule has 1 aromatic heterocycles. The second-order valence-electron chi connectivity index (χ2n) is 5.23. The SMILES string of the molecule is O=C(O)[C@@H]1C[C@H]1c1ccc(NCc2ccncc2Cl)cc1. The van der Waals surface area contributed by atoms with Gasteiger partial charge in [-0.25, -0.2) is 0 Å². The van der Waals surface area contributed by atoms with Crippen LogP contribution in [0.4, 0.5) is 5.69 Å². The number of rotatable bonds is 5. The smallest absolute Gasteiger partial charge is 0.307 e. The maximum absolute atomic E-state index is 10.9. The highest BCUT2D eigenvalue weighted by Crippen LogP contribution is 2.47. The maximum atomic E-state index is 10.9. The summed E-state index contributed by atoms with van der Waals surface area (Å²) >= 11 is 6.05. The van der Waals surface area contributed by atoms with Crippen molar-refractivity contribution >= 4 is 23.3 Å². The number of hydrogen-bond acceptors (Lipinski definition) is 3. The summed E-state index contributed by atoms with van der Waals surface area (Å²) in [5.74, 6) is -0.736. The highest BCUT2D eigenvalue weighted by atomic mass is 35.5. The topological polar surface area (TPSA) is 62.2 Å². The van der Waals surface area contributed by atoms with Gasteiger partial charge in [0.2, 0.25) is 0 Å². The summed E-state index contributed by atoms with van der Waals surface area (Å²) in [6, 6.07) is 9.81. The van der Waals surface area contributed by atoms with Crippen LogP contribution in [0.1, 0.15) is 23.5 Å². The van der Waals surface area contributed by atoms with Crippen LogP contribution in [0, 0.1) is 5.92 Å². The lowest BCUT2D eigenvalue weighted by molar-refractivity contribution is -0.138. The number of carbonyl (C=O) groups is 1. The monoisotopic (exact) mass is 302 g/mol. The van der Waals surface area contributed by atoms with Crippen LogP contribution < -0.4 is 5.32 Å².